The number of carboxylic acid groups (broad SMARTS) is 1. The molecular formula is C16H25NO3. The van der Waals surface area contributed by atoms with Gasteiger partial charge in [-0.25, -0.2) is 0 Å². The van der Waals surface area contributed by atoms with Gasteiger partial charge in [-0.2, -0.15) is 0 Å². The Morgan fingerprint density at radius 2 is 1.85 bits per heavy atom. The highest BCUT2D eigenvalue weighted by Crippen LogP contribution is 2.27. The van der Waals surface area contributed by atoms with Crippen LogP contribution in [0.15, 0.2) is 12.1 Å². The van der Waals surface area contributed by atoms with Gasteiger partial charge in [0.1, 0.15) is 12.4 Å². The van der Waals surface area contributed by atoms with Gasteiger partial charge < -0.3 is 15.6 Å². The van der Waals surface area contributed by atoms with Crippen LogP contribution >= 0.6 is 0 Å². The van der Waals surface area contributed by atoms with Gasteiger partial charge in [0.2, 0.25) is 0 Å². The van der Waals surface area contributed by atoms with Crippen molar-refractivity contribution in [1.29, 1.82) is 0 Å². The minimum absolute atomic E-state index is 0.117. The molecule has 0 saturated heterocycles. The smallest absolute Gasteiger partial charge is 0.312 e. The van der Waals surface area contributed by atoms with E-state index in [4.69, 9.17) is 15.6 Å². The molecule has 0 radical (unpaired) electrons. The van der Waals surface area contributed by atoms with Crippen LogP contribution in [0.5, 0.6) is 5.75 Å². The van der Waals surface area contributed by atoms with Gasteiger partial charge >= 0.3 is 5.97 Å². The number of hydrogen-bond donors (Lipinski definition) is 2. The average Bonchev–Trinajstić information content (AvgIpc) is 2.26. The predicted molar refractivity (Wildman–Crippen MR) is 80.2 cm³/mol. The predicted octanol–water partition coefficient (Wildman–Crippen LogP) is 2.68. The lowest BCUT2D eigenvalue weighted by Gasteiger charge is -2.22. The number of nitrogens with two attached hydrogens (primary N) is 1. The molecule has 1 unspecified atom stereocenters. The van der Waals surface area contributed by atoms with Gasteiger partial charge in [0.15, 0.2) is 0 Å². The molecule has 112 valence electrons. The molecule has 0 amide bonds. The van der Waals surface area contributed by atoms with Crippen LogP contribution in [0, 0.1) is 19.3 Å². The molecule has 0 aliphatic carbocycles. The second kappa shape index (κ2) is 6.27. The minimum Gasteiger partial charge on any atom is -0.492 e. The van der Waals surface area contributed by atoms with Crippen molar-refractivity contribution in [3.8, 4) is 5.75 Å². The molecule has 0 aromatic heterocycles. The summed E-state index contributed by atoms with van der Waals surface area (Å²) in [6.45, 7) is 9.39. The third-order valence-electron chi connectivity index (χ3n) is 3.23. The zero-order chi connectivity index (χ0) is 15.5. The monoisotopic (exact) mass is 279 g/mol. The fraction of sp³-hybridized carbons (Fsp3) is 0.562. The Bertz CT molecular complexity index is 469. The van der Waals surface area contributed by atoms with Gasteiger partial charge in [-0.1, -0.05) is 12.1 Å². The van der Waals surface area contributed by atoms with E-state index in [-0.39, 0.29) is 12.6 Å². The normalized spacial score (nSPS) is 13.1. The number of carboxylic acids is 1. The first kappa shape index (κ1) is 16.5. The molecule has 1 atom stereocenters. The summed E-state index contributed by atoms with van der Waals surface area (Å²) in [7, 11) is 0. The van der Waals surface area contributed by atoms with Crippen molar-refractivity contribution >= 4 is 5.97 Å². The molecule has 0 saturated carbocycles. The first-order chi connectivity index (χ1) is 9.13. The Hall–Kier alpha value is -1.55. The van der Waals surface area contributed by atoms with Gasteiger partial charge in [-0.15, -0.1) is 0 Å². The van der Waals surface area contributed by atoms with E-state index in [1.807, 2.05) is 20.8 Å². The van der Waals surface area contributed by atoms with Crippen LogP contribution in [0.2, 0.25) is 0 Å². The van der Waals surface area contributed by atoms with E-state index in [0.717, 1.165) is 23.3 Å². The summed E-state index contributed by atoms with van der Waals surface area (Å²) in [5.74, 6) is -0.0888. The van der Waals surface area contributed by atoms with Crippen LogP contribution in [-0.2, 0) is 11.2 Å². The summed E-state index contributed by atoms with van der Waals surface area (Å²) < 4.78 is 5.74. The maximum absolute atomic E-state index is 11.1. The van der Waals surface area contributed by atoms with E-state index in [0.29, 0.717) is 0 Å². The van der Waals surface area contributed by atoms with Crippen molar-refractivity contribution < 1.29 is 14.6 Å². The molecule has 4 heteroatoms. The number of benzene rings is 1. The summed E-state index contributed by atoms with van der Waals surface area (Å²) >= 11 is 0. The quantitative estimate of drug-likeness (QED) is 0.839. The molecule has 1 rings (SSSR count). The number of rotatable bonds is 6. The molecule has 20 heavy (non-hydrogen) atoms. The number of ether oxygens (including phenoxy) is 1. The van der Waals surface area contributed by atoms with Crippen LogP contribution in [0.25, 0.3) is 0 Å². The van der Waals surface area contributed by atoms with Crippen LogP contribution in [-0.4, -0.2) is 23.7 Å². The highest BCUT2D eigenvalue weighted by atomic mass is 16.5. The maximum atomic E-state index is 11.1. The number of carbonyl (C=O) groups is 1. The van der Waals surface area contributed by atoms with Gasteiger partial charge in [0.05, 0.1) is 5.41 Å². The van der Waals surface area contributed by atoms with Crippen molar-refractivity contribution in [2.45, 2.75) is 47.1 Å². The first-order valence-corrected chi connectivity index (χ1v) is 6.85. The maximum Gasteiger partial charge on any atom is 0.312 e. The topological polar surface area (TPSA) is 72.5 Å². The fourth-order valence-electron chi connectivity index (χ4n) is 2.07. The lowest BCUT2D eigenvalue weighted by molar-refractivity contribution is -0.148. The van der Waals surface area contributed by atoms with Crippen LogP contribution in [0.4, 0.5) is 0 Å². The first-order valence-electron chi connectivity index (χ1n) is 6.85. The summed E-state index contributed by atoms with van der Waals surface area (Å²) in [5, 5.41) is 9.11. The molecule has 0 spiro atoms. The number of aryl methyl sites for hydroxylation is 2. The number of hydrogen-bond acceptors (Lipinski definition) is 3. The van der Waals surface area contributed by atoms with Crippen molar-refractivity contribution in [2.75, 3.05) is 6.61 Å². The van der Waals surface area contributed by atoms with Crippen LogP contribution < -0.4 is 10.5 Å². The third kappa shape index (κ3) is 4.23. The summed E-state index contributed by atoms with van der Waals surface area (Å²) in [5.41, 5.74) is 8.13. The molecule has 0 bridgehead atoms. The van der Waals surface area contributed by atoms with Gasteiger partial charge in [0, 0.05) is 6.04 Å². The zero-order valence-corrected chi connectivity index (χ0v) is 13.0. The fourth-order valence-corrected chi connectivity index (χ4v) is 2.07. The average molecular weight is 279 g/mol. The summed E-state index contributed by atoms with van der Waals surface area (Å²) in [6, 6.07) is 4.23. The highest BCUT2D eigenvalue weighted by Gasteiger charge is 2.28. The minimum atomic E-state index is -0.899. The standard InChI is InChI=1S/C16H25NO3/c1-10-6-13(8-12(3)17)7-11(2)14(10)20-9-16(4,5)15(18)19/h6-7,12H,8-9,17H2,1-5H3,(H,18,19). The van der Waals surface area contributed by atoms with Gasteiger partial charge in [0.25, 0.3) is 0 Å². The Morgan fingerprint density at radius 1 is 1.35 bits per heavy atom. The molecular weight excluding hydrogens is 254 g/mol. The van der Waals surface area contributed by atoms with E-state index in [9.17, 15) is 4.79 Å². The molecule has 0 heterocycles. The molecule has 1 aromatic carbocycles. The van der Waals surface area contributed by atoms with E-state index in [1.165, 1.54) is 5.56 Å². The van der Waals surface area contributed by atoms with E-state index < -0.39 is 11.4 Å². The summed E-state index contributed by atoms with van der Waals surface area (Å²) in [4.78, 5) is 11.1. The Kier molecular flexibility index (Phi) is 5.17. The Balaban J connectivity index is 2.89. The molecule has 0 fully saturated rings. The largest absolute Gasteiger partial charge is 0.492 e. The molecule has 4 nitrogen and oxygen atoms in total. The lowest BCUT2D eigenvalue weighted by Crippen LogP contribution is -2.31. The Labute approximate surface area is 120 Å². The van der Waals surface area contributed by atoms with Gasteiger partial charge in [-0.05, 0) is 57.7 Å². The Morgan fingerprint density at radius 3 is 2.25 bits per heavy atom. The summed E-state index contributed by atoms with van der Waals surface area (Å²) in [6.07, 6.45) is 0.822. The van der Waals surface area contributed by atoms with Crippen molar-refractivity contribution in [3.63, 3.8) is 0 Å². The third-order valence-corrected chi connectivity index (χ3v) is 3.23. The van der Waals surface area contributed by atoms with Crippen molar-refractivity contribution in [3.05, 3.63) is 28.8 Å². The van der Waals surface area contributed by atoms with E-state index in [2.05, 4.69) is 12.1 Å². The molecule has 1 aromatic rings. The lowest BCUT2D eigenvalue weighted by atomic mass is 9.95. The SMILES string of the molecule is Cc1cc(CC(C)N)cc(C)c1OCC(C)(C)C(=O)O. The van der Waals surface area contributed by atoms with Crippen molar-refractivity contribution in [1.82, 2.24) is 0 Å². The van der Waals surface area contributed by atoms with Crippen LogP contribution in [0.1, 0.15) is 37.5 Å². The molecule has 0 aliphatic rings. The number of aliphatic carboxylic acids is 1. The van der Waals surface area contributed by atoms with Gasteiger partial charge in [-0.3, -0.25) is 4.79 Å². The second-order valence-corrected chi connectivity index (χ2v) is 6.22. The second-order valence-electron chi connectivity index (χ2n) is 6.22. The van der Waals surface area contributed by atoms with Crippen LogP contribution in [0.3, 0.4) is 0 Å². The molecule has 0 aliphatic heterocycles. The van der Waals surface area contributed by atoms with Crippen molar-refractivity contribution in [2.24, 2.45) is 11.1 Å². The highest BCUT2D eigenvalue weighted by molar-refractivity contribution is 5.73. The van der Waals surface area contributed by atoms with E-state index >= 15 is 0 Å². The zero-order valence-electron chi connectivity index (χ0n) is 13.0. The van der Waals surface area contributed by atoms with E-state index in [1.54, 1.807) is 13.8 Å². The molecule has 3 N–H and O–H groups in total.